The monoisotopic (exact) mass is 711 g/mol. The van der Waals surface area contributed by atoms with E-state index in [1.54, 1.807) is 0 Å². The molecule has 3 aliphatic rings. The van der Waals surface area contributed by atoms with Crippen LogP contribution >= 0.6 is 0 Å². The Morgan fingerprint density at radius 3 is 1.68 bits per heavy atom. The largest absolute Gasteiger partial charge is 0.314 e. The number of para-hydroxylation sites is 1. The third kappa shape index (κ3) is 4.26. The third-order valence-electron chi connectivity index (χ3n) is 12.8. The van der Waals surface area contributed by atoms with Gasteiger partial charge in [-0.05, 0) is 120 Å². The fourth-order valence-corrected chi connectivity index (χ4v) is 10.5. The second-order valence-corrected chi connectivity index (χ2v) is 15.5. The van der Waals surface area contributed by atoms with Crippen LogP contribution in [0.3, 0.4) is 0 Å². The average Bonchev–Trinajstić information content (AvgIpc) is 3.75. The van der Waals surface area contributed by atoms with Gasteiger partial charge < -0.3 is 4.90 Å². The highest BCUT2D eigenvalue weighted by molar-refractivity contribution is 6.16. The van der Waals surface area contributed by atoms with Crippen molar-refractivity contribution in [3.8, 4) is 22.3 Å². The molecule has 0 N–H and O–H groups in total. The first-order chi connectivity index (χ1) is 27.8. The fourth-order valence-electron chi connectivity index (χ4n) is 10.5. The van der Waals surface area contributed by atoms with Gasteiger partial charge in [-0.25, -0.2) is 0 Å². The summed E-state index contributed by atoms with van der Waals surface area (Å²) in [5.41, 5.74) is 16.8. The van der Waals surface area contributed by atoms with Crippen molar-refractivity contribution in [1.29, 1.82) is 0 Å². The number of rotatable bonds is 4. The van der Waals surface area contributed by atoms with Crippen molar-refractivity contribution in [1.82, 2.24) is 0 Å². The molecule has 0 aromatic heterocycles. The molecular weight excluding hydrogens is 675 g/mol. The Labute approximate surface area is 327 Å². The average molecular weight is 712 g/mol. The van der Waals surface area contributed by atoms with Crippen molar-refractivity contribution >= 4 is 49.3 Å². The second kappa shape index (κ2) is 12.0. The van der Waals surface area contributed by atoms with Gasteiger partial charge in [-0.15, -0.1) is 0 Å². The smallest absolute Gasteiger partial charge is 0.0726 e. The van der Waals surface area contributed by atoms with Gasteiger partial charge in [-0.3, -0.25) is 0 Å². The van der Waals surface area contributed by atoms with Crippen molar-refractivity contribution in [3.05, 3.63) is 234 Å². The van der Waals surface area contributed by atoms with Crippen molar-refractivity contribution in [3.63, 3.8) is 0 Å². The fraction of sp³-hybridized carbons (Fsp3) is 0.0545. The van der Waals surface area contributed by atoms with Crippen LogP contribution in [0, 0.1) is 0 Å². The van der Waals surface area contributed by atoms with E-state index in [9.17, 15) is 0 Å². The Balaban J connectivity index is 1.17. The molecule has 0 heterocycles. The van der Waals surface area contributed by atoms with Crippen molar-refractivity contribution in [2.75, 3.05) is 4.90 Å². The van der Waals surface area contributed by atoms with Crippen molar-refractivity contribution in [2.45, 2.75) is 18.3 Å². The summed E-state index contributed by atoms with van der Waals surface area (Å²) < 4.78 is 0. The first-order valence-electron chi connectivity index (χ1n) is 19.8. The summed E-state index contributed by atoms with van der Waals surface area (Å²) in [5, 5.41) is 7.74. The molecular formula is C55H37N. The van der Waals surface area contributed by atoms with Crippen LogP contribution in [0.25, 0.3) is 60.1 Å². The molecule has 0 radical (unpaired) electrons. The first kappa shape index (κ1) is 31.4. The van der Waals surface area contributed by atoms with E-state index in [1.165, 1.54) is 105 Å². The lowest BCUT2D eigenvalue weighted by molar-refractivity contribution is 0.794. The Morgan fingerprint density at radius 2 is 0.946 bits per heavy atom. The highest BCUT2D eigenvalue weighted by atomic mass is 15.2. The van der Waals surface area contributed by atoms with Crippen LogP contribution in [0.1, 0.15) is 40.7 Å². The lowest BCUT2D eigenvalue weighted by Gasteiger charge is -2.34. The highest BCUT2D eigenvalue weighted by Gasteiger charge is 2.52. The molecule has 0 saturated carbocycles. The Morgan fingerprint density at radius 1 is 0.375 bits per heavy atom. The number of nitrogens with zero attached hydrogens (tertiary/aromatic N) is 1. The Hall–Kier alpha value is -6.96. The van der Waals surface area contributed by atoms with Gasteiger partial charge in [0.15, 0.2) is 0 Å². The van der Waals surface area contributed by atoms with Crippen LogP contribution in [0.5, 0.6) is 0 Å². The van der Waals surface area contributed by atoms with Crippen LogP contribution in [0.4, 0.5) is 11.4 Å². The summed E-state index contributed by atoms with van der Waals surface area (Å²) in [5.74, 6) is 0. The minimum atomic E-state index is -0.467. The number of anilines is 2. The van der Waals surface area contributed by atoms with Gasteiger partial charge in [0.2, 0.25) is 0 Å². The molecule has 0 aliphatic heterocycles. The van der Waals surface area contributed by atoms with Gasteiger partial charge >= 0.3 is 0 Å². The van der Waals surface area contributed by atoms with E-state index in [1.807, 2.05) is 0 Å². The SMILES string of the molecule is C1=C(c2cccc3ccccc23)CCC(N(c2ccccc2)c2cc3c(c4ccccc24)-c2c(ccc4ccccc24)C32c3ccccc3-c3ccccc32)=C1. The number of hydrogen-bond acceptors (Lipinski definition) is 1. The lowest BCUT2D eigenvalue weighted by atomic mass is 9.70. The molecule has 56 heavy (non-hydrogen) atoms. The lowest BCUT2D eigenvalue weighted by Crippen LogP contribution is -2.26. The molecule has 0 saturated heterocycles. The van der Waals surface area contributed by atoms with Crippen LogP contribution in [-0.4, -0.2) is 0 Å². The van der Waals surface area contributed by atoms with Gasteiger partial charge in [0, 0.05) is 16.8 Å². The van der Waals surface area contributed by atoms with E-state index in [0.717, 1.165) is 12.8 Å². The van der Waals surface area contributed by atoms with E-state index in [4.69, 9.17) is 0 Å². The number of fused-ring (bicyclic) bond motifs is 15. The minimum absolute atomic E-state index is 0.467. The third-order valence-corrected chi connectivity index (χ3v) is 12.8. The van der Waals surface area contributed by atoms with Gasteiger partial charge in [-0.1, -0.05) is 176 Å². The maximum Gasteiger partial charge on any atom is 0.0726 e. The van der Waals surface area contributed by atoms with Gasteiger partial charge in [-0.2, -0.15) is 0 Å². The van der Waals surface area contributed by atoms with Crippen molar-refractivity contribution < 1.29 is 0 Å². The maximum atomic E-state index is 2.57. The zero-order valence-corrected chi connectivity index (χ0v) is 30.9. The molecule has 9 aromatic carbocycles. The van der Waals surface area contributed by atoms with Crippen molar-refractivity contribution in [2.24, 2.45) is 0 Å². The van der Waals surface area contributed by atoms with Crippen LogP contribution < -0.4 is 4.90 Å². The molecule has 12 rings (SSSR count). The van der Waals surface area contributed by atoms with E-state index in [2.05, 4.69) is 205 Å². The molecule has 0 fully saturated rings. The summed E-state index contributed by atoms with van der Waals surface area (Å²) in [6.45, 7) is 0. The molecule has 1 spiro atoms. The summed E-state index contributed by atoms with van der Waals surface area (Å²) in [4.78, 5) is 2.56. The normalized spacial score (nSPS) is 14.6. The minimum Gasteiger partial charge on any atom is -0.314 e. The van der Waals surface area contributed by atoms with Gasteiger partial charge in [0.1, 0.15) is 0 Å². The molecule has 3 aliphatic carbocycles. The molecule has 1 nitrogen and oxygen atoms in total. The highest BCUT2D eigenvalue weighted by Crippen LogP contribution is 2.65. The Bertz CT molecular complexity index is 3090. The molecule has 0 bridgehead atoms. The maximum absolute atomic E-state index is 2.57. The topological polar surface area (TPSA) is 3.24 Å². The van der Waals surface area contributed by atoms with E-state index in [0.29, 0.717) is 0 Å². The molecule has 0 unspecified atom stereocenters. The molecule has 0 atom stereocenters. The van der Waals surface area contributed by atoms with Crippen LogP contribution in [0.2, 0.25) is 0 Å². The van der Waals surface area contributed by atoms with E-state index < -0.39 is 5.41 Å². The van der Waals surface area contributed by atoms with E-state index >= 15 is 0 Å². The quantitative estimate of drug-likeness (QED) is 0.176. The zero-order valence-electron chi connectivity index (χ0n) is 30.9. The molecule has 0 amide bonds. The Kier molecular flexibility index (Phi) is 6.74. The second-order valence-electron chi connectivity index (χ2n) is 15.5. The van der Waals surface area contributed by atoms with Crippen LogP contribution in [-0.2, 0) is 5.41 Å². The summed E-state index contributed by atoms with van der Waals surface area (Å²) in [7, 11) is 0. The first-order valence-corrected chi connectivity index (χ1v) is 19.8. The van der Waals surface area contributed by atoms with Crippen LogP contribution in [0.15, 0.2) is 206 Å². The molecule has 262 valence electrons. The summed E-state index contributed by atoms with van der Waals surface area (Å²) in [6, 6.07) is 70.2. The molecule has 9 aromatic rings. The number of hydrogen-bond donors (Lipinski definition) is 0. The summed E-state index contributed by atoms with van der Waals surface area (Å²) in [6.07, 6.45) is 6.65. The van der Waals surface area contributed by atoms with Gasteiger partial charge in [0.05, 0.1) is 11.1 Å². The predicted molar refractivity (Wildman–Crippen MR) is 236 cm³/mol. The number of benzene rings is 9. The summed E-state index contributed by atoms with van der Waals surface area (Å²) >= 11 is 0. The molecule has 1 heteroatoms. The zero-order chi connectivity index (χ0) is 36.8. The van der Waals surface area contributed by atoms with Gasteiger partial charge in [0.25, 0.3) is 0 Å². The predicted octanol–water partition coefficient (Wildman–Crippen LogP) is 14.4. The standard InChI is InChI=1S/C55H37N/c1-2-18-39(19-3-1)56(40-32-29-38(30-33-40)42-26-14-17-36-15-4-6-20-41(36)42)52-35-51-54(47-25-9-8-24-46(47)52)53-43-21-7-5-16-37(43)31-34-50(53)55(51)48-27-12-10-22-44(48)45-23-11-13-28-49(45)55/h1-29,31-32,34-35H,30,33H2. The number of allylic oxidation sites excluding steroid dienone is 4. The van der Waals surface area contributed by atoms with E-state index in [-0.39, 0.29) is 0 Å².